The Balaban J connectivity index is 2.23. The lowest BCUT2D eigenvalue weighted by Crippen LogP contribution is -2.39. The molecule has 0 radical (unpaired) electrons. The Morgan fingerprint density at radius 1 is 1.56 bits per heavy atom. The zero-order valence-corrected chi connectivity index (χ0v) is 6.82. The molecule has 0 aromatic carbocycles. The molecule has 2 atom stereocenters. The van der Waals surface area contributed by atoms with Crippen molar-refractivity contribution in [1.29, 1.82) is 0 Å². The second-order valence-corrected chi connectivity index (χ2v) is 3.61. The van der Waals surface area contributed by atoms with Gasteiger partial charge in [0.15, 0.2) is 0 Å². The Morgan fingerprint density at radius 2 is 2.33 bits per heavy atom. The lowest BCUT2D eigenvalue weighted by atomic mass is 10.0. The SMILES string of the molecule is CC(S)C1CCCCN1. The van der Waals surface area contributed by atoms with Gasteiger partial charge in [0.25, 0.3) is 0 Å². The first kappa shape index (κ1) is 7.42. The standard InChI is InChI=1S/C7H15NS/c1-6(9)7-4-2-3-5-8-7/h6-9H,2-5H2,1H3. The first-order valence-corrected chi connectivity index (χ1v) is 4.24. The fraction of sp³-hybridized carbons (Fsp3) is 1.00. The summed E-state index contributed by atoms with van der Waals surface area (Å²) in [6.07, 6.45) is 4.03. The molecule has 2 heteroatoms. The summed E-state index contributed by atoms with van der Waals surface area (Å²) < 4.78 is 0. The van der Waals surface area contributed by atoms with E-state index in [1.54, 1.807) is 0 Å². The number of nitrogens with one attached hydrogen (secondary N) is 1. The summed E-state index contributed by atoms with van der Waals surface area (Å²) in [4.78, 5) is 0. The van der Waals surface area contributed by atoms with Gasteiger partial charge in [-0.25, -0.2) is 0 Å². The fourth-order valence-corrected chi connectivity index (χ4v) is 1.55. The number of hydrogen-bond donors (Lipinski definition) is 2. The van der Waals surface area contributed by atoms with E-state index in [9.17, 15) is 0 Å². The van der Waals surface area contributed by atoms with Gasteiger partial charge in [0, 0.05) is 11.3 Å². The normalized spacial score (nSPS) is 32.0. The third kappa shape index (κ3) is 2.18. The molecule has 1 aliphatic heterocycles. The molecular weight excluding hydrogens is 130 g/mol. The fourth-order valence-electron chi connectivity index (χ4n) is 1.29. The third-order valence-electron chi connectivity index (χ3n) is 1.93. The molecular formula is C7H15NS. The van der Waals surface area contributed by atoms with Gasteiger partial charge in [-0.15, -0.1) is 0 Å². The van der Waals surface area contributed by atoms with Crippen LogP contribution in [0.25, 0.3) is 0 Å². The van der Waals surface area contributed by atoms with Gasteiger partial charge in [0.05, 0.1) is 0 Å². The summed E-state index contributed by atoms with van der Waals surface area (Å²) in [5.74, 6) is 0. The summed E-state index contributed by atoms with van der Waals surface area (Å²) in [5.41, 5.74) is 0. The molecule has 0 bridgehead atoms. The van der Waals surface area contributed by atoms with Gasteiger partial charge in [-0.05, 0) is 19.4 Å². The summed E-state index contributed by atoms with van der Waals surface area (Å²) >= 11 is 4.38. The highest BCUT2D eigenvalue weighted by molar-refractivity contribution is 7.81. The molecule has 1 saturated heterocycles. The summed E-state index contributed by atoms with van der Waals surface area (Å²) in [6, 6.07) is 0.669. The van der Waals surface area contributed by atoms with Crippen LogP contribution in [0.3, 0.4) is 0 Å². The van der Waals surface area contributed by atoms with E-state index >= 15 is 0 Å². The average Bonchev–Trinajstić information content (AvgIpc) is 1.90. The van der Waals surface area contributed by atoms with Gasteiger partial charge in [-0.3, -0.25) is 0 Å². The van der Waals surface area contributed by atoms with Crippen LogP contribution in [0.4, 0.5) is 0 Å². The third-order valence-corrected chi connectivity index (χ3v) is 2.29. The quantitative estimate of drug-likeness (QED) is 0.532. The van der Waals surface area contributed by atoms with E-state index in [-0.39, 0.29) is 0 Å². The summed E-state index contributed by atoms with van der Waals surface area (Å²) in [5, 5.41) is 3.96. The molecule has 0 aromatic heterocycles. The minimum Gasteiger partial charge on any atom is -0.313 e. The highest BCUT2D eigenvalue weighted by Gasteiger charge is 2.15. The summed E-state index contributed by atoms with van der Waals surface area (Å²) in [7, 11) is 0. The van der Waals surface area contributed by atoms with Crippen LogP contribution in [0.1, 0.15) is 26.2 Å². The van der Waals surface area contributed by atoms with Crippen molar-refractivity contribution in [3.63, 3.8) is 0 Å². The predicted molar refractivity (Wildman–Crippen MR) is 44.1 cm³/mol. The van der Waals surface area contributed by atoms with Crippen LogP contribution in [-0.2, 0) is 0 Å². The second-order valence-electron chi connectivity index (χ2n) is 2.80. The van der Waals surface area contributed by atoms with Crippen molar-refractivity contribution in [3.05, 3.63) is 0 Å². The number of rotatable bonds is 1. The van der Waals surface area contributed by atoms with Gasteiger partial charge in [0.2, 0.25) is 0 Å². The van der Waals surface area contributed by atoms with Crippen molar-refractivity contribution in [2.75, 3.05) is 6.54 Å². The van der Waals surface area contributed by atoms with Gasteiger partial charge in [-0.1, -0.05) is 13.3 Å². The molecule has 1 heterocycles. The lowest BCUT2D eigenvalue weighted by Gasteiger charge is -2.25. The van der Waals surface area contributed by atoms with Crippen LogP contribution in [0.15, 0.2) is 0 Å². The molecule has 0 aromatic rings. The lowest BCUT2D eigenvalue weighted by molar-refractivity contribution is 0.400. The highest BCUT2D eigenvalue weighted by Crippen LogP contribution is 2.12. The Bertz CT molecular complexity index is 77.0. The average molecular weight is 145 g/mol. The van der Waals surface area contributed by atoms with E-state index in [0.717, 1.165) is 0 Å². The first-order valence-electron chi connectivity index (χ1n) is 3.72. The summed E-state index contributed by atoms with van der Waals surface area (Å²) in [6.45, 7) is 3.35. The minimum atomic E-state index is 0.519. The molecule has 0 amide bonds. The van der Waals surface area contributed by atoms with E-state index in [1.807, 2.05) is 0 Å². The topological polar surface area (TPSA) is 12.0 Å². The molecule has 0 spiro atoms. The first-order chi connectivity index (χ1) is 4.30. The van der Waals surface area contributed by atoms with Crippen molar-refractivity contribution in [1.82, 2.24) is 5.32 Å². The van der Waals surface area contributed by atoms with Crippen LogP contribution in [-0.4, -0.2) is 17.8 Å². The zero-order chi connectivity index (χ0) is 6.69. The van der Waals surface area contributed by atoms with Gasteiger partial charge >= 0.3 is 0 Å². The highest BCUT2D eigenvalue weighted by atomic mass is 32.1. The Kier molecular flexibility index (Phi) is 2.86. The molecule has 54 valence electrons. The Labute approximate surface area is 62.6 Å². The van der Waals surface area contributed by atoms with Crippen molar-refractivity contribution in [2.45, 2.75) is 37.5 Å². The maximum Gasteiger partial charge on any atom is 0.0181 e. The van der Waals surface area contributed by atoms with Crippen LogP contribution < -0.4 is 5.32 Å². The van der Waals surface area contributed by atoms with E-state index in [2.05, 4.69) is 24.9 Å². The molecule has 1 rings (SSSR count). The van der Waals surface area contributed by atoms with Crippen molar-refractivity contribution in [2.24, 2.45) is 0 Å². The zero-order valence-electron chi connectivity index (χ0n) is 5.93. The monoisotopic (exact) mass is 145 g/mol. The maximum atomic E-state index is 4.38. The predicted octanol–water partition coefficient (Wildman–Crippen LogP) is 1.45. The number of thiol groups is 1. The van der Waals surface area contributed by atoms with Gasteiger partial charge in [0.1, 0.15) is 0 Å². The molecule has 2 unspecified atom stereocenters. The Hall–Kier alpha value is 0.310. The van der Waals surface area contributed by atoms with Crippen LogP contribution in [0.5, 0.6) is 0 Å². The van der Waals surface area contributed by atoms with Crippen molar-refractivity contribution < 1.29 is 0 Å². The van der Waals surface area contributed by atoms with E-state index < -0.39 is 0 Å². The molecule has 0 saturated carbocycles. The van der Waals surface area contributed by atoms with Crippen molar-refractivity contribution in [3.8, 4) is 0 Å². The van der Waals surface area contributed by atoms with Crippen molar-refractivity contribution >= 4 is 12.6 Å². The molecule has 9 heavy (non-hydrogen) atoms. The van der Waals surface area contributed by atoms with E-state index in [4.69, 9.17) is 0 Å². The van der Waals surface area contributed by atoms with Crippen LogP contribution >= 0.6 is 12.6 Å². The van der Waals surface area contributed by atoms with E-state index in [1.165, 1.54) is 25.8 Å². The minimum absolute atomic E-state index is 0.519. The van der Waals surface area contributed by atoms with Gasteiger partial charge < -0.3 is 5.32 Å². The second kappa shape index (κ2) is 3.47. The largest absolute Gasteiger partial charge is 0.313 e. The molecule has 1 fully saturated rings. The molecule has 1 aliphatic rings. The number of hydrogen-bond acceptors (Lipinski definition) is 2. The van der Waals surface area contributed by atoms with E-state index in [0.29, 0.717) is 11.3 Å². The molecule has 1 N–H and O–H groups in total. The molecule has 1 nitrogen and oxygen atoms in total. The Morgan fingerprint density at radius 3 is 2.67 bits per heavy atom. The molecule has 0 aliphatic carbocycles. The number of piperidine rings is 1. The van der Waals surface area contributed by atoms with Crippen LogP contribution in [0, 0.1) is 0 Å². The smallest absolute Gasteiger partial charge is 0.0181 e. The maximum absolute atomic E-state index is 4.38. The van der Waals surface area contributed by atoms with Crippen LogP contribution in [0.2, 0.25) is 0 Å². The van der Waals surface area contributed by atoms with Gasteiger partial charge in [-0.2, -0.15) is 12.6 Å².